The number of aryl methyl sites for hydroxylation is 2. The SMILES string of the molecule is Cc1ccc(Oc2ccc(Nc3ncnc4sc5c(c34)C(C)N(C(=O)/C=C/CN(C)C)C5)cc2C)cn1. The Balaban J connectivity index is 1.38. The number of nitrogens with zero attached hydrogens (tertiary/aromatic N) is 5. The molecule has 0 saturated heterocycles. The molecule has 4 aromatic rings. The summed E-state index contributed by atoms with van der Waals surface area (Å²) in [7, 11) is 3.96. The minimum Gasteiger partial charge on any atom is -0.455 e. The Labute approximate surface area is 220 Å². The average Bonchev–Trinajstić information content (AvgIpc) is 3.38. The average molecular weight is 515 g/mol. The summed E-state index contributed by atoms with van der Waals surface area (Å²) in [5.41, 5.74) is 3.96. The molecular formula is C28H30N6O2S. The van der Waals surface area contributed by atoms with Gasteiger partial charge < -0.3 is 19.9 Å². The zero-order valence-electron chi connectivity index (χ0n) is 21.6. The molecular weight excluding hydrogens is 484 g/mol. The van der Waals surface area contributed by atoms with E-state index in [0.717, 1.165) is 55.7 Å². The molecule has 0 radical (unpaired) electrons. The molecule has 4 heterocycles. The maximum absolute atomic E-state index is 12.9. The van der Waals surface area contributed by atoms with Crippen LogP contribution in [0.2, 0.25) is 0 Å². The minimum atomic E-state index is -0.0626. The van der Waals surface area contributed by atoms with Gasteiger partial charge in [-0.05, 0) is 70.8 Å². The molecule has 190 valence electrons. The lowest BCUT2D eigenvalue weighted by atomic mass is 10.1. The number of anilines is 2. The van der Waals surface area contributed by atoms with E-state index in [9.17, 15) is 4.79 Å². The van der Waals surface area contributed by atoms with Gasteiger partial charge in [0, 0.05) is 34.4 Å². The first-order chi connectivity index (χ1) is 17.8. The maximum atomic E-state index is 12.9. The predicted octanol–water partition coefficient (Wildman–Crippen LogP) is 5.76. The van der Waals surface area contributed by atoms with E-state index in [1.54, 1.807) is 29.9 Å². The van der Waals surface area contributed by atoms with Gasteiger partial charge in [0.1, 0.15) is 28.5 Å². The Morgan fingerprint density at radius 2 is 2.05 bits per heavy atom. The molecule has 3 aromatic heterocycles. The van der Waals surface area contributed by atoms with E-state index in [1.165, 1.54) is 0 Å². The van der Waals surface area contributed by atoms with Crippen LogP contribution in [0.1, 0.15) is 34.7 Å². The zero-order chi connectivity index (χ0) is 26.1. The zero-order valence-corrected chi connectivity index (χ0v) is 22.5. The summed E-state index contributed by atoms with van der Waals surface area (Å²) in [6, 6.07) is 9.72. The van der Waals surface area contributed by atoms with Gasteiger partial charge in [0.05, 0.1) is 24.2 Å². The number of hydrogen-bond donors (Lipinski definition) is 1. The van der Waals surface area contributed by atoms with E-state index in [1.807, 2.05) is 74.2 Å². The smallest absolute Gasteiger partial charge is 0.247 e. The number of thiophene rings is 1. The number of carbonyl (C=O) groups excluding carboxylic acids is 1. The first-order valence-electron chi connectivity index (χ1n) is 12.2. The van der Waals surface area contributed by atoms with E-state index >= 15 is 0 Å². The number of pyridine rings is 1. The number of hydrogen-bond acceptors (Lipinski definition) is 8. The van der Waals surface area contributed by atoms with Crippen molar-refractivity contribution in [2.75, 3.05) is 26.0 Å². The van der Waals surface area contributed by atoms with Crippen LogP contribution in [0.4, 0.5) is 11.5 Å². The van der Waals surface area contributed by atoms with E-state index in [4.69, 9.17) is 4.74 Å². The lowest BCUT2D eigenvalue weighted by molar-refractivity contribution is -0.127. The summed E-state index contributed by atoms with van der Waals surface area (Å²) in [6.45, 7) is 7.34. The van der Waals surface area contributed by atoms with Crippen molar-refractivity contribution in [3.63, 3.8) is 0 Å². The second-order valence-electron chi connectivity index (χ2n) is 9.49. The van der Waals surface area contributed by atoms with Gasteiger partial charge in [-0.1, -0.05) is 6.08 Å². The number of fused-ring (bicyclic) bond motifs is 3. The highest BCUT2D eigenvalue weighted by molar-refractivity contribution is 7.19. The van der Waals surface area contributed by atoms with Crippen molar-refractivity contribution < 1.29 is 9.53 Å². The molecule has 9 heteroatoms. The van der Waals surface area contributed by atoms with Crippen molar-refractivity contribution in [1.29, 1.82) is 0 Å². The first-order valence-corrected chi connectivity index (χ1v) is 13.0. The van der Waals surface area contributed by atoms with Crippen molar-refractivity contribution in [2.45, 2.75) is 33.4 Å². The van der Waals surface area contributed by atoms with Crippen LogP contribution in [0.15, 0.2) is 55.0 Å². The van der Waals surface area contributed by atoms with Gasteiger partial charge in [0.15, 0.2) is 0 Å². The molecule has 37 heavy (non-hydrogen) atoms. The molecule has 0 aliphatic carbocycles. The van der Waals surface area contributed by atoms with Crippen molar-refractivity contribution in [1.82, 2.24) is 24.8 Å². The molecule has 1 unspecified atom stereocenters. The van der Waals surface area contributed by atoms with Crippen LogP contribution in [-0.4, -0.2) is 51.3 Å². The predicted molar refractivity (Wildman–Crippen MR) is 148 cm³/mol. The number of nitrogens with one attached hydrogen (secondary N) is 1. The molecule has 5 rings (SSSR count). The third kappa shape index (κ3) is 5.19. The summed E-state index contributed by atoms with van der Waals surface area (Å²) in [5.74, 6) is 2.23. The third-order valence-corrected chi connectivity index (χ3v) is 7.46. The molecule has 0 bridgehead atoms. The van der Waals surface area contributed by atoms with Crippen LogP contribution in [0.5, 0.6) is 11.5 Å². The lowest BCUT2D eigenvalue weighted by Crippen LogP contribution is -2.26. The molecule has 1 aliphatic rings. The summed E-state index contributed by atoms with van der Waals surface area (Å²) in [6.07, 6.45) is 6.89. The van der Waals surface area contributed by atoms with Crippen LogP contribution in [0.3, 0.4) is 0 Å². The number of likely N-dealkylation sites (N-methyl/N-ethyl adjacent to an activating group) is 1. The largest absolute Gasteiger partial charge is 0.455 e. The highest BCUT2D eigenvalue weighted by Crippen LogP contribution is 2.45. The van der Waals surface area contributed by atoms with Crippen molar-refractivity contribution in [3.8, 4) is 11.5 Å². The molecule has 1 aromatic carbocycles. The highest BCUT2D eigenvalue weighted by atomic mass is 32.1. The number of amides is 1. The quantitative estimate of drug-likeness (QED) is 0.314. The Morgan fingerprint density at radius 3 is 2.78 bits per heavy atom. The fraction of sp³-hybridized carbons (Fsp3) is 0.286. The van der Waals surface area contributed by atoms with Crippen LogP contribution in [0.25, 0.3) is 10.2 Å². The molecule has 8 nitrogen and oxygen atoms in total. The van der Waals surface area contributed by atoms with Gasteiger partial charge in [0.2, 0.25) is 5.91 Å². The highest BCUT2D eigenvalue weighted by Gasteiger charge is 2.34. The fourth-order valence-corrected chi connectivity index (χ4v) is 5.68. The Bertz CT molecular complexity index is 1480. The number of carbonyl (C=O) groups is 1. The monoisotopic (exact) mass is 514 g/mol. The van der Waals surface area contributed by atoms with Gasteiger partial charge >= 0.3 is 0 Å². The first kappa shape index (κ1) is 24.9. The molecule has 1 N–H and O–H groups in total. The van der Waals surface area contributed by atoms with E-state index < -0.39 is 0 Å². The number of aromatic nitrogens is 3. The second-order valence-corrected chi connectivity index (χ2v) is 10.6. The van der Waals surface area contributed by atoms with Gasteiger partial charge in [-0.15, -0.1) is 11.3 Å². The molecule has 1 atom stereocenters. The van der Waals surface area contributed by atoms with Crippen molar-refractivity contribution in [2.24, 2.45) is 0 Å². The molecule has 0 spiro atoms. The molecule has 0 fully saturated rings. The van der Waals surface area contributed by atoms with E-state index in [2.05, 4.69) is 27.2 Å². The van der Waals surface area contributed by atoms with E-state index in [-0.39, 0.29) is 11.9 Å². The normalized spacial score (nSPS) is 15.1. The van der Waals surface area contributed by atoms with Crippen LogP contribution >= 0.6 is 11.3 Å². The second kappa shape index (κ2) is 10.3. The number of rotatable bonds is 7. The Kier molecular flexibility index (Phi) is 6.90. The molecule has 1 aliphatic heterocycles. The number of benzene rings is 1. The van der Waals surface area contributed by atoms with Gasteiger partial charge in [-0.3, -0.25) is 9.78 Å². The van der Waals surface area contributed by atoms with Gasteiger partial charge in [-0.25, -0.2) is 9.97 Å². The van der Waals surface area contributed by atoms with Crippen LogP contribution in [-0.2, 0) is 11.3 Å². The minimum absolute atomic E-state index is 0.0206. The summed E-state index contributed by atoms with van der Waals surface area (Å²) in [4.78, 5) is 32.3. The van der Waals surface area contributed by atoms with Crippen molar-refractivity contribution >= 4 is 39.0 Å². The topological polar surface area (TPSA) is 83.5 Å². The Hall–Kier alpha value is -3.82. The fourth-order valence-electron chi connectivity index (χ4n) is 4.45. The Morgan fingerprint density at radius 1 is 1.22 bits per heavy atom. The number of ether oxygens (including phenoxy) is 1. The van der Waals surface area contributed by atoms with Gasteiger partial charge in [-0.2, -0.15) is 0 Å². The van der Waals surface area contributed by atoms with Crippen molar-refractivity contribution in [3.05, 3.63) is 76.7 Å². The molecule has 0 saturated carbocycles. The standard InChI is InChI=1S/C28H30N6O2S/c1-17-13-20(9-11-22(17)36-21-10-8-18(2)29-14-21)32-27-26-25-19(3)34(24(35)7-6-12-33(4)5)15-23(25)37-28(26)31-16-30-27/h6-11,13-14,16,19H,12,15H2,1-5H3,(H,30,31,32)/b7-6+. The van der Waals surface area contributed by atoms with Gasteiger partial charge in [0.25, 0.3) is 0 Å². The summed E-state index contributed by atoms with van der Waals surface area (Å²) in [5, 5.41) is 4.46. The van der Waals surface area contributed by atoms with E-state index in [0.29, 0.717) is 12.3 Å². The van der Waals surface area contributed by atoms with Crippen LogP contribution in [0, 0.1) is 13.8 Å². The lowest BCUT2D eigenvalue weighted by Gasteiger charge is -2.21. The summed E-state index contributed by atoms with van der Waals surface area (Å²) >= 11 is 1.63. The third-order valence-electron chi connectivity index (χ3n) is 6.37. The van der Waals surface area contributed by atoms with Crippen LogP contribution < -0.4 is 10.1 Å². The maximum Gasteiger partial charge on any atom is 0.247 e. The molecule has 1 amide bonds. The summed E-state index contributed by atoms with van der Waals surface area (Å²) < 4.78 is 6.02.